The van der Waals surface area contributed by atoms with Crippen molar-refractivity contribution in [3.8, 4) is 5.75 Å². The zero-order valence-electron chi connectivity index (χ0n) is 16.5. The summed E-state index contributed by atoms with van der Waals surface area (Å²) in [5.74, 6) is 0.458. The summed E-state index contributed by atoms with van der Waals surface area (Å²) < 4.78 is 6.91. The molecule has 0 radical (unpaired) electrons. The van der Waals surface area contributed by atoms with Crippen LogP contribution in [0.25, 0.3) is 6.08 Å². The maximum absolute atomic E-state index is 13.0. The van der Waals surface area contributed by atoms with E-state index >= 15 is 0 Å². The highest BCUT2D eigenvalue weighted by atomic mass is 79.9. The minimum absolute atomic E-state index is 0.181. The molecule has 0 atom stereocenters. The molecule has 0 bridgehead atoms. The maximum Gasteiger partial charge on any atom is 0.280 e. The minimum atomic E-state index is -0.181. The number of amides is 1. The maximum atomic E-state index is 13.0. The molecular weight excluding hydrogens is 499 g/mol. The van der Waals surface area contributed by atoms with Crippen molar-refractivity contribution >= 4 is 62.5 Å². The van der Waals surface area contributed by atoms with Crippen LogP contribution in [0.1, 0.15) is 18.1 Å². The molecule has 0 fully saturated rings. The molecule has 1 heterocycles. The van der Waals surface area contributed by atoms with Crippen molar-refractivity contribution in [1.82, 2.24) is 0 Å². The number of hydrogen-bond acceptors (Lipinski definition) is 3. The lowest BCUT2D eigenvalue weighted by atomic mass is 10.1. The molecule has 31 heavy (non-hydrogen) atoms. The number of rotatable bonds is 5. The second kappa shape index (κ2) is 9.27. The van der Waals surface area contributed by atoms with E-state index in [0.29, 0.717) is 33.7 Å². The largest absolute Gasteiger partial charge is 0.488 e. The molecule has 156 valence electrons. The summed E-state index contributed by atoms with van der Waals surface area (Å²) >= 11 is 15.6. The van der Waals surface area contributed by atoms with Gasteiger partial charge in [0.1, 0.15) is 12.4 Å². The van der Waals surface area contributed by atoms with Gasteiger partial charge in [0.2, 0.25) is 0 Å². The third kappa shape index (κ3) is 4.85. The summed E-state index contributed by atoms with van der Waals surface area (Å²) in [6, 6.07) is 20.4. The summed E-state index contributed by atoms with van der Waals surface area (Å²) in [4.78, 5) is 13.0. The molecule has 0 spiro atoms. The molecule has 0 unspecified atom stereocenters. The van der Waals surface area contributed by atoms with Gasteiger partial charge in [-0.3, -0.25) is 4.79 Å². The normalized spacial score (nSPS) is 14.8. The Morgan fingerprint density at radius 1 is 1.03 bits per heavy atom. The fourth-order valence-corrected chi connectivity index (χ4v) is 3.84. The number of ether oxygens (including phenoxy) is 1. The minimum Gasteiger partial charge on any atom is -0.488 e. The van der Waals surface area contributed by atoms with Crippen LogP contribution in [0.15, 0.2) is 81.9 Å². The molecular formula is C24H17BrCl2N2O2. The van der Waals surface area contributed by atoms with Crippen molar-refractivity contribution in [2.24, 2.45) is 5.10 Å². The molecule has 0 aliphatic carbocycles. The smallest absolute Gasteiger partial charge is 0.280 e. The Bertz CT molecular complexity index is 1210. The molecule has 0 saturated heterocycles. The highest BCUT2D eigenvalue weighted by molar-refractivity contribution is 9.10. The van der Waals surface area contributed by atoms with Gasteiger partial charge >= 0.3 is 0 Å². The quantitative estimate of drug-likeness (QED) is 0.339. The Morgan fingerprint density at radius 3 is 2.55 bits per heavy atom. The van der Waals surface area contributed by atoms with Gasteiger partial charge in [-0.2, -0.15) is 10.1 Å². The van der Waals surface area contributed by atoms with Crippen LogP contribution < -0.4 is 9.75 Å². The van der Waals surface area contributed by atoms with E-state index in [0.717, 1.165) is 21.3 Å². The average molecular weight is 516 g/mol. The van der Waals surface area contributed by atoms with E-state index in [9.17, 15) is 4.79 Å². The van der Waals surface area contributed by atoms with Gasteiger partial charge in [-0.15, -0.1) is 0 Å². The molecule has 1 amide bonds. The Morgan fingerprint density at radius 2 is 1.81 bits per heavy atom. The number of carbonyl (C=O) groups is 1. The Labute approximate surface area is 198 Å². The Hall–Kier alpha value is -2.60. The molecule has 0 N–H and O–H groups in total. The van der Waals surface area contributed by atoms with E-state index in [1.807, 2.05) is 61.5 Å². The molecule has 0 aromatic heterocycles. The molecule has 1 aliphatic heterocycles. The summed E-state index contributed by atoms with van der Waals surface area (Å²) in [7, 11) is 0. The lowest BCUT2D eigenvalue weighted by Gasteiger charge is -2.12. The zero-order chi connectivity index (χ0) is 22.0. The van der Waals surface area contributed by atoms with Crippen molar-refractivity contribution in [2.75, 3.05) is 5.01 Å². The van der Waals surface area contributed by atoms with E-state index in [2.05, 4.69) is 21.0 Å². The van der Waals surface area contributed by atoms with Crippen LogP contribution >= 0.6 is 39.1 Å². The number of carbonyl (C=O) groups excluding carboxylic acids is 1. The number of hydrazone groups is 1. The second-order valence-electron chi connectivity index (χ2n) is 6.92. The molecule has 3 aromatic carbocycles. The van der Waals surface area contributed by atoms with Gasteiger partial charge in [0.25, 0.3) is 5.91 Å². The van der Waals surface area contributed by atoms with Gasteiger partial charge in [-0.1, -0.05) is 63.4 Å². The summed E-state index contributed by atoms with van der Waals surface area (Å²) in [6.07, 6.45) is 1.80. The van der Waals surface area contributed by atoms with E-state index in [-0.39, 0.29) is 5.91 Å². The predicted molar refractivity (Wildman–Crippen MR) is 130 cm³/mol. The lowest BCUT2D eigenvalue weighted by Crippen LogP contribution is -2.21. The van der Waals surface area contributed by atoms with E-state index < -0.39 is 0 Å². The molecule has 0 saturated carbocycles. The SMILES string of the molecule is CC1=NN(c2ccccc2)C(=O)/C1=C/c1cc(Br)ccc1OCc1ccc(Cl)c(Cl)c1. The number of benzene rings is 3. The van der Waals surface area contributed by atoms with Gasteiger partial charge in [-0.25, -0.2) is 0 Å². The van der Waals surface area contributed by atoms with Gasteiger partial charge < -0.3 is 4.74 Å². The Balaban J connectivity index is 1.61. The lowest BCUT2D eigenvalue weighted by molar-refractivity contribution is -0.114. The standard InChI is InChI=1S/C24H17BrCl2N2O2/c1-15-20(24(30)29(28-15)19-5-3-2-4-6-19)13-17-12-18(25)8-10-23(17)31-14-16-7-9-21(26)22(27)11-16/h2-13H,14H2,1H3/b20-13+. The Kier molecular flexibility index (Phi) is 6.46. The first-order valence-corrected chi connectivity index (χ1v) is 11.0. The first-order chi connectivity index (χ1) is 14.9. The number of para-hydroxylation sites is 1. The second-order valence-corrected chi connectivity index (χ2v) is 8.65. The van der Waals surface area contributed by atoms with Crippen LogP contribution in [0.4, 0.5) is 5.69 Å². The van der Waals surface area contributed by atoms with E-state index in [1.54, 1.807) is 18.2 Å². The van der Waals surface area contributed by atoms with Crippen LogP contribution in [0.3, 0.4) is 0 Å². The molecule has 1 aliphatic rings. The van der Waals surface area contributed by atoms with Crippen LogP contribution in [-0.2, 0) is 11.4 Å². The molecule has 7 heteroatoms. The van der Waals surface area contributed by atoms with Crippen molar-refractivity contribution in [2.45, 2.75) is 13.5 Å². The third-order valence-corrected chi connectivity index (χ3v) is 5.95. The van der Waals surface area contributed by atoms with Gasteiger partial charge in [0.05, 0.1) is 27.0 Å². The van der Waals surface area contributed by atoms with Crippen LogP contribution in [0, 0.1) is 0 Å². The van der Waals surface area contributed by atoms with Gasteiger partial charge in [-0.05, 0) is 61.0 Å². The highest BCUT2D eigenvalue weighted by Crippen LogP contribution is 2.30. The fourth-order valence-electron chi connectivity index (χ4n) is 3.14. The first-order valence-electron chi connectivity index (χ1n) is 9.45. The summed E-state index contributed by atoms with van der Waals surface area (Å²) in [5, 5.41) is 6.82. The molecule has 4 rings (SSSR count). The first kappa shape index (κ1) is 21.6. The van der Waals surface area contributed by atoms with E-state index in [4.69, 9.17) is 27.9 Å². The van der Waals surface area contributed by atoms with Crippen LogP contribution in [0.2, 0.25) is 10.0 Å². The van der Waals surface area contributed by atoms with Crippen molar-refractivity contribution in [3.63, 3.8) is 0 Å². The molecule has 4 nitrogen and oxygen atoms in total. The third-order valence-electron chi connectivity index (χ3n) is 4.71. The number of anilines is 1. The van der Waals surface area contributed by atoms with Crippen molar-refractivity contribution in [1.29, 1.82) is 0 Å². The molecule has 3 aromatic rings. The van der Waals surface area contributed by atoms with Crippen LogP contribution in [0.5, 0.6) is 5.75 Å². The van der Waals surface area contributed by atoms with E-state index in [1.165, 1.54) is 5.01 Å². The fraction of sp³-hybridized carbons (Fsp3) is 0.0833. The summed E-state index contributed by atoms with van der Waals surface area (Å²) in [6.45, 7) is 2.13. The van der Waals surface area contributed by atoms with Crippen molar-refractivity contribution in [3.05, 3.63) is 97.9 Å². The zero-order valence-corrected chi connectivity index (χ0v) is 19.6. The van der Waals surface area contributed by atoms with Crippen LogP contribution in [-0.4, -0.2) is 11.6 Å². The van der Waals surface area contributed by atoms with Gasteiger partial charge in [0, 0.05) is 10.0 Å². The monoisotopic (exact) mass is 514 g/mol. The highest BCUT2D eigenvalue weighted by Gasteiger charge is 2.28. The number of halogens is 3. The average Bonchev–Trinajstić information content (AvgIpc) is 3.04. The number of nitrogens with zero attached hydrogens (tertiary/aromatic N) is 2. The topological polar surface area (TPSA) is 41.9 Å². The number of hydrogen-bond donors (Lipinski definition) is 0. The predicted octanol–water partition coefficient (Wildman–Crippen LogP) is 7.14. The summed E-state index contributed by atoms with van der Waals surface area (Å²) in [5.41, 5.74) is 3.54. The van der Waals surface area contributed by atoms with Gasteiger partial charge in [0.15, 0.2) is 0 Å². The van der Waals surface area contributed by atoms with Crippen molar-refractivity contribution < 1.29 is 9.53 Å².